The van der Waals surface area contributed by atoms with E-state index in [2.05, 4.69) is 10.3 Å². The number of nitrogens with one attached hydrogen (secondary N) is 1. The Hall–Kier alpha value is -0.300. The molecule has 0 atom stereocenters. The lowest BCUT2D eigenvalue weighted by Crippen LogP contribution is -2.37. The van der Waals surface area contributed by atoms with Crippen LogP contribution in [0.3, 0.4) is 0 Å². The maximum atomic E-state index is 11.8. The highest BCUT2D eigenvalue weighted by Gasteiger charge is 2.18. The van der Waals surface area contributed by atoms with Crippen molar-refractivity contribution in [1.29, 1.82) is 0 Å². The lowest BCUT2D eigenvalue weighted by molar-refractivity contribution is 0.0930. The molecule has 4 nitrogen and oxygen atoms in total. The van der Waals surface area contributed by atoms with Crippen LogP contribution in [0.4, 0.5) is 0 Å². The van der Waals surface area contributed by atoms with E-state index in [-0.39, 0.29) is 18.3 Å². The SMILES string of the molecule is Cl.NCc1nc(C(=O)NC2CCSCC2)cs1. The van der Waals surface area contributed by atoms with Gasteiger partial charge in [-0.3, -0.25) is 4.79 Å². The predicted octanol–water partition coefficient (Wildman–Crippen LogP) is 1.65. The minimum absolute atomic E-state index is 0. The predicted molar refractivity (Wildman–Crippen MR) is 75.1 cm³/mol. The van der Waals surface area contributed by atoms with Crippen molar-refractivity contribution in [1.82, 2.24) is 10.3 Å². The van der Waals surface area contributed by atoms with Crippen molar-refractivity contribution in [3.05, 3.63) is 16.1 Å². The van der Waals surface area contributed by atoms with E-state index in [1.54, 1.807) is 5.38 Å². The Labute approximate surface area is 115 Å². The first-order valence-corrected chi connectivity index (χ1v) is 7.36. The van der Waals surface area contributed by atoms with Crippen LogP contribution in [0, 0.1) is 0 Å². The van der Waals surface area contributed by atoms with Gasteiger partial charge in [0.15, 0.2) is 0 Å². The van der Waals surface area contributed by atoms with E-state index in [1.165, 1.54) is 11.3 Å². The van der Waals surface area contributed by atoms with Gasteiger partial charge in [0, 0.05) is 18.0 Å². The zero-order chi connectivity index (χ0) is 11.4. The number of rotatable bonds is 3. The van der Waals surface area contributed by atoms with E-state index < -0.39 is 0 Å². The summed E-state index contributed by atoms with van der Waals surface area (Å²) in [7, 11) is 0. The summed E-state index contributed by atoms with van der Waals surface area (Å²) in [5.41, 5.74) is 5.96. The van der Waals surface area contributed by atoms with E-state index >= 15 is 0 Å². The molecule has 1 saturated heterocycles. The number of nitrogens with two attached hydrogens (primary N) is 1. The quantitative estimate of drug-likeness (QED) is 0.889. The molecule has 0 bridgehead atoms. The van der Waals surface area contributed by atoms with E-state index in [9.17, 15) is 4.79 Å². The number of amides is 1. The number of carbonyl (C=O) groups is 1. The van der Waals surface area contributed by atoms with Gasteiger partial charge in [0.25, 0.3) is 5.91 Å². The molecule has 1 aromatic rings. The normalized spacial score (nSPS) is 16.3. The maximum Gasteiger partial charge on any atom is 0.270 e. The van der Waals surface area contributed by atoms with Crippen LogP contribution in [-0.2, 0) is 6.54 Å². The van der Waals surface area contributed by atoms with Crippen LogP contribution >= 0.6 is 35.5 Å². The number of hydrogen-bond donors (Lipinski definition) is 2. The molecule has 0 spiro atoms. The zero-order valence-electron chi connectivity index (χ0n) is 9.35. The van der Waals surface area contributed by atoms with Crippen LogP contribution in [0.1, 0.15) is 28.3 Å². The number of carbonyl (C=O) groups excluding carboxylic acids is 1. The van der Waals surface area contributed by atoms with Gasteiger partial charge in [-0.15, -0.1) is 23.7 Å². The third-order valence-corrected chi connectivity index (χ3v) is 4.44. The molecule has 0 aromatic carbocycles. The van der Waals surface area contributed by atoms with E-state index in [0.717, 1.165) is 29.4 Å². The van der Waals surface area contributed by atoms with Gasteiger partial charge >= 0.3 is 0 Å². The first kappa shape index (κ1) is 14.8. The Morgan fingerprint density at radius 3 is 2.82 bits per heavy atom. The number of thiazole rings is 1. The molecular formula is C10H16ClN3OS2. The third-order valence-electron chi connectivity index (χ3n) is 2.52. The highest BCUT2D eigenvalue weighted by molar-refractivity contribution is 7.99. The summed E-state index contributed by atoms with van der Waals surface area (Å²) in [5.74, 6) is 2.21. The summed E-state index contributed by atoms with van der Waals surface area (Å²) in [6.45, 7) is 0.401. The second kappa shape index (κ2) is 7.20. The van der Waals surface area contributed by atoms with Crippen molar-refractivity contribution in [2.75, 3.05) is 11.5 Å². The number of thioether (sulfide) groups is 1. The second-order valence-electron chi connectivity index (χ2n) is 3.69. The standard InChI is InChI=1S/C10H15N3OS2.ClH/c11-5-9-13-8(6-16-9)10(14)12-7-1-3-15-4-2-7;/h6-7H,1-5,11H2,(H,12,14);1H. The second-order valence-corrected chi connectivity index (χ2v) is 5.86. The lowest BCUT2D eigenvalue weighted by atomic mass is 10.1. The summed E-state index contributed by atoms with van der Waals surface area (Å²) < 4.78 is 0. The largest absolute Gasteiger partial charge is 0.348 e. The molecule has 3 N–H and O–H groups in total. The number of halogens is 1. The van der Waals surface area contributed by atoms with Crippen LogP contribution < -0.4 is 11.1 Å². The van der Waals surface area contributed by atoms with Gasteiger partial charge in [-0.2, -0.15) is 11.8 Å². The fraction of sp³-hybridized carbons (Fsp3) is 0.600. The van der Waals surface area contributed by atoms with Crippen LogP contribution in [0.25, 0.3) is 0 Å². The van der Waals surface area contributed by atoms with E-state index in [4.69, 9.17) is 5.73 Å². The summed E-state index contributed by atoms with van der Waals surface area (Å²) in [6, 6.07) is 0.316. The average molecular weight is 294 g/mol. The van der Waals surface area contributed by atoms with Crippen molar-refractivity contribution < 1.29 is 4.79 Å². The van der Waals surface area contributed by atoms with E-state index in [0.29, 0.717) is 18.3 Å². The highest BCUT2D eigenvalue weighted by Crippen LogP contribution is 2.17. The molecule has 1 amide bonds. The Bertz CT molecular complexity index is 366. The van der Waals surface area contributed by atoms with Crippen LogP contribution in [-0.4, -0.2) is 28.4 Å². The maximum absolute atomic E-state index is 11.8. The van der Waals surface area contributed by atoms with E-state index in [1.807, 2.05) is 11.8 Å². The zero-order valence-corrected chi connectivity index (χ0v) is 11.8. The minimum atomic E-state index is -0.0622. The molecule has 1 aromatic heterocycles. The van der Waals surface area contributed by atoms with Gasteiger partial charge < -0.3 is 11.1 Å². The van der Waals surface area contributed by atoms with Crippen molar-refractivity contribution in [2.24, 2.45) is 5.73 Å². The van der Waals surface area contributed by atoms with Crippen molar-refractivity contribution in [3.8, 4) is 0 Å². The topological polar surface area (TPSA) is 68.0 Å². The van der Waals surface area contributed by atoms with Gasteiger partial charge in [0.05, 0.1) is 0 Å². The fourth-order valence-corrected chi connectivity index (χ4v) is 3.37. The molecule has 1 fully saturated rings. The molecule has 17 heavy (non-hydrogen) atoms. The van der Waals surface area contributed by atoms with Crippen molar-refractivity contribution >= 4 is 41.4 Å². The van der Waals surface area contributed by atoms with Crippen molar-refractivity contribution in [3.63, 3.8) is 0 Å². The summed E-state index contributed by atoms with van der Waals surface area (Å²) >= 11 is 3.39. The smallest absolute Gasteiger partial charge is 0.270 e. The Kier molecular flexibility index (Phi) is 6.26. The third kappa shape index (κ3) is 4.13. The molecule has 0 radical (unpaired) electrons. The molecule has 0 aliphatic carbocycles. The Morgan fingerprint density at radius 2 is 2.24 bits per heavy atom. The van der Waals surface area contributed by atoms with Crippen LogP contribution in [0.15, 0.2) is 5.38 Å². The van der Waals surface area contributed by atoms with Gasteiger partial charge in [-0.1, -0.05) is 0 Å². The molecular weight excluding hydrogens is 278 g/mol. The molecule has 2 rings (SSSR count). The molecule has 96 valence electrons. The molecule has 0 saturated carbocycles. The van der Waals surface area contributed by atoms with Gasteiger partial charge in [-0.05, 0) is 24.3 Å². The van der Waals surface area contributed by atoms with Crippen LogP contribution in [0.2, 0.25) is 0 Å². The molecule has 2 heterocycles. The monoisotopic (exact) mass is 293 g/mol. The van der Waals surface area contributed by atoms with Gasteiger partial charge in [-0.25, -0.2) is 4.98 Å². The molecule has 7 heteroatoms. The first-order chi connectivity index (χ1) is 7.79. The number of hydrogen-bond acceptors (Lipinski definition) is 5. The Morgan fingerprint density at radius 1 is 1.53 bits per heavy atom. The lowest BCUT2D eigenvalue weighted by Gasteiger charge is -2.21. The minimum Gasteiger partial charge on any atom is -0.348 e. The molecule has 1 aliphatic heterocycles. The number of aromatic nitrogens is 1. The summed E-state index contributed by atoms with van der Waals surface area (Å²) in [4.78, 5) is 16.0. The molecule has 0 unspecified atom stereocenters. The summed E-state index contributed by atoms with van der Waals surface area (Å²) in [6.07, 6.45) is 2.12. The Balaban J connectivity index is 0.00000144. The highest BCUT2D eigenvalue weighted by atomic mass is 35.5. The summed E-state index contributed by atoms with van der Waals surface area (Å²) in [5, 5.41) is 5.61. The van der Waals surface area contributed by atoms with Crippen LogP contribution in [0.5, 0.6) is 0 Å². The fourth-order valence-electron chi connectivity index (χ4n) is 1.61. The van der Waals surface area contributed by atoms with Crippen molar-refractivity contribution in [2.45, 2.75) is 25.4 Å². The van der Waals surface area contributed by atoms with Gasteiger partial charge in [0.1, 0.15) is 10.7 Å². The van der Waals surface area contributed by atoms with Gasteiger partial charge in [0.2, 0.25) is 0 Å². The molecule has 1 aliphatic rings. The average Bonchev–Trinajstić information content (AvgIpc) is 2.79. The first-order valence-electron chi connectivity index (χ1n) is 5.32. The number of nitrogens with zero attached hydrogens (tertiary/aromatic N) is 1.